The number of nitrogens with zero attached hydrogens (tertiary/aromatic N) is 1. The molecule has 1 aliphatic carbocycles. The molecule has 4 N–H and O–H groups in total. The molecular weight excluding hydrogens is 254 g/mol. The van der Waals surface area contributed by atoms with E-state index in [0.717, 1.165) is 23.0 Å². The summed E-state index contributed by atoms with van der Waals surface area (Å²) >= 11 is 0. The molecule has 110 valence electrons. The lowest BCUT2D eigenvalue weighted by Crippen LogP contribution is -2.24. The van der Waals surface area contributed by atoms with E-state index in [1.54, 1.807) is 12.1 Å². The Bertz CT molecular complexity index is 470. The number of nitrogen functional groups attached to an aromatic ring is 1. The number of nitrogens with two attached hydrogens (primary N) is 1. The van der Waals surface area contributed by atoms with Crippen LogP contribution in [0, 0.1) is 5.92 Å². The first kappa shape index (κ1) is 14.5. The van der Waals surface area contributed by atoms with Crippen molar-refractivity contribution in [2.45, 2.75) is 32.1 Å². The number of hydrogen-bond donors (Lipinski definition) is 3. The fourth-order valence-electron chi connectivity index (χ4n) is 2.68. The quantitative estimate of drug-likeness (QED) is 0.737. The molecule has 1 fully saturated rings. The molecule has 0 saturated heterocycles. The molecule has 0 aromatic heterocycles. The van der Waals surface area contributed by atoms with E-state index >= 15 is 0 Å². The maximum Gasteiger partial charge on any atom is 0.411 e. The Hall–Kier alpha value is -1.91. The van der Waals surface area contributed by atoms with Crippen molar-refractivity contribution in [3.8, 4) is 0 Å². The summed E-state index contributed by atoms with van der Waals surface area (Å²) in [6.07, 6.45) is 5.58. The second-order valence-electron chi connectivity index (χ2n) is 5.50. The number of amides is 1. The molecule has 1 aromatic carbocycles. The molecule has 0 radical (unpaired) electrons. The van der Waals surface area contributed by atoms with Crippen LogP contribution in [0.25, 0.3) is 0 Å². The highest BCUT2D eigenvalue weighted by molar-refractivity contribution is 5.87. The molecule has 2 rings (SSSR count). The van der Waals surface area contributed by atoms with E-state index in [1.807, 2.05) is 6.07 Å². The molecule has 1 amide bonds. The van der Waals surface area contributed by atoms with Gasteiger partial charge in [0.25, 0.3) is 0 Å². The van der Waals surface area contributed by atoms with E-state index in [9.17, 15) is 4.79 Å². The summed E-state index contributed by atoms with van der Waals surface area (Å²) in [6, 6.07) is 5.32. The van der Waals surface area contributed by atoms with Crippen molar-refractivity contribution in [1.29, 1.82) is 0 Å². The summed E-state index contributed by atoms with van der Waals surface area (Å²) in [5.41, 5.74) is 8.05. The summed E-state index contributed by atoms with van der Waals surface area (Å²) in [5, 5.41) is 12.3. The predicted octanol–water partition coefficient (Wildman–Crippen LogP) is 3.38. The molecule has 0 unspecified atom stereocenters. The van der Waals surface area contributed by atoms with Crippen molar-refractivity contribution >= 4 is 23.2 Å². The summed E-state index contributed by atoms with van der Waals surface area (Å²) in [6.45, 7) is 0.943. The maximum absolute atomic E-state index is 10.9. The number of anilines is 3. The van der Waals surface area contributed by atoms with Crippen LogP contribution in [0.2, 0.25) is 0 Å². The normalized spacial score (nSPS) is 15.8. The highest BCUT2D eigenvalue weighted by Crippen LogP contribution is 2.27. The molecule has 1 aromatic rings. The van der Waals surface area contributed by atoms with Crippen molar-refractivity contribution < 1.29 is 9.90 Å². The van der Waals surface area contributed by atoms with Crippen molar-refractivity contribution in [2.24, 2.45) is 5.92 Å². The van der Waals surface area contributed by atoms with Crippen molar-refractivity contribution in [1.82, 2.24) is 0 Å². The molecule has 5 heteroatoms. The van der Waals surface area contributed by atoms with Crippen LogP contribution in [0.4, 0.5) is 21.9 Å². The number of carboxylic acid groups (broad SMARTS) is 1. The Kier molecular flexibility index (Phi) is 4.71. The highest BCUT2D eigenvalue weighted by atomic mass is 16.4. The molecule has 1 saturated carbocycles. The second kappa shape index (κ2) is 6.50. The van der Waals surface area contributed by atoms with Gasteiger partial charge in [-0.25, -0.2) is 4.79 Å². The monoisotopic (exact) mass is 277 g/mol. The Morgan fingerprint density at radius 1 is 1.40 bits per heavy atom. The van der Waals surface area contributed by atoms with Gasteiger partial charge in [-0.05, 0) is 37.0 Å². The average molecular weight is 277 g/mol. The summed E-state index contributed by atoms with van der Waals surface area (Å²) in [7, 11) is 1.51. The van der Waals surface area contributed by atoms with Crippen molar-refractivity contribution in [3.63, 3.8) is 0 Å². The first-order valence-corrected chi connectivity index (χ1v) is 7.18. The minimum Gasteiger partial charge on any atom is -0.465 e. The Labute approximate surface area is 119 Å². The second-order valence-corrected chi connectivity index (χ2v) is 5.50. The SMILES string of the molecule is CN(C(=O)O)c1ccc(NCC2CCCCC2)c(N)c1. The predicted molar refractivity (Wildman–Crippen MR) is 82.3 cm³/mol. The Morgan fingerprint density at radius 3 is 2.70 bits per heavy atom. The molecule has 0 bridgehead atoms. The smallest absolute Gasteiger partial charge is 0.411 e. The van der Waals surface area contributed by atoms with Crippen LogP contribution in [0.5, 0.6) is 0 Å². The third-order valence-electron chi connectivity index (χ3n) is 4.02. The van der Waals surface area contributed by atoms with Crippen molar-refractivity contribution in [2.75, 3.05) is 29.5 Å². The summed E-state index contributed by atoms with van der Waals surface area (Å²) < 4.78 is 0. The van der Waals surface area contributed by atoms with Crippen molar-refractivity contribution in [3.05, 3.63) is 18.2 Å². The van der Waals surface area contributed by atoms with Gasteiger partial charge in [-0.15, -0.1) is 0 Å². The van der Waals surface area contributed by atoms with Gasteiger partial charge in [0.2, 0.25) is 0 Å². The summed E-state index contributed by atoms with van der Waals surface area (Å²) in [5.74, 6) is 0.726. The minimum atomic E-state index is -0.993. The third-order valence-corrected chi connectivity index (χ3v) is 4.02. The lowest BCUT2D eigenvalue weighted by Gasteiger charge is -2.23. The number of carbonyl (C=O) groups is 1. The van der Waals surface area contributed by atoms with Gasteiger partial charge in [-0.1, -0.05) is 19.3 Å². The first-order valence-electron chi connectivity index (χ1n) is 7.18. The minimum absolute atomic E-state index is 0.582. The van der Waals surface area contributed by atoms with Gasteiger partial charge < -0.3 is 16.2 Å². The van der Waals surface area contributed by atoms with Crippen LogP contribution in [-0.2, 0) is 0 Å². The van der Waals surface area contributed by atoms with Crippen LogP contribution >= 0.6 is 0 Å². The highest BCUT2D eigenvalue weighted by Gasteiger charge is 2.14. The Morgan fingerprint density at radius 2 is 2.10 bits per heavy atom. The van der Waals surface area contributed by atoms with Gasteiger partial charge in [-0.3, -0.25) is 4.90 Å². The molecule has 0 aliphatic heterocycles. The van der Waals surface area contributed by atoms with E-state index < -0.39 is 6.09 Å². The molecule has 0 atom stereocenters. The fraction of sp³-hybridized carbons (Fsp3) is 0.533. The number of hydrogen-bond acceptors (Lipinski definition) is 3. The zero-order valence-electron chi connectivity index (χ0n) is 11.9. The largest absolute Gasteiger partial charge is 0.465 e. The van der Waals surface area contributed by atoms with E-state index in [-0.39, 0.29) is 0 Å². The van der Waals surface area contributed by atoms with Gasteiger partial charge in [0.1, 0.15) is 0 Å². The molecule has 0 heterocycles. The van der Waals surface area contributed by atoms with E-state index in [1.165, 1.54) is 39.2 Å². The van der Waals surface area contributed by atoms with E-state index in [0.29, 0.717) is 11.4 Å². The maximum atomic E-state index is 10.9. The lowest BCUT2D eigenvalue weighted by molar-refractivity contribution is 0.203. The number of benzene rings is 1. The van der Waals surface area contributed by atoms with Crippen LogP contribution in [0.3, 0.4) is 0 Å². The van der Waals surface area contributed by atoms with Crippen LogP contribution in [0.1, 0.15) is 32.1 Å². The Balaban J connectivity index is 1.96. The van der Waals surface area contributed by atoms with Gasteiger partial charge in [-0.2, -0.15) is 0 Å². The first-order chi connectivity index (χ1) is 9.58. The van der Waals surface area contributed by atoms with E-state index in [2.05, 4.69) is 5.32 Å². The number of rotatable bonds is 4. The average Bonchev–Trinajstić information content (AvgIpc) is 2.46. The topological polar surface area (TPSA) is 78.6 Å². The standard InChI is InChI=1S/C15H23N3O2/c1-18(15(19)20)12-7-8-14(13(16)9-12)17-10-11-5-3-2-4-6-11/h7-9,11,17H,2-6,10,16H2,1H3,(H,19,20). The molecule has 20 heavy (non-hydrogen) atoms. The summed E-state index contributed by atoms with van der Waals surface area (Å²) in [4.78, 5) is 12.1. The van der Waals surface area contributed by atoms with E-state index in [4.69, 9.17) is 10.8 Å². The molecule has 0 spiro atoms. The number of nitrogens with one attached hydrogen (secondary N) is 1. The van der Waals surface area contributed by atoms with Crippen LogP contribution in [-0.4, -0.2) is 24.8 Å². The fourth-order valence-corrected chi connectivity index (χ4v) is 2.68. The van der Waals surface area contributed by atoms with Gasteiger partial charge in [0.05, 0.1) is 11.4 Å². The molecular formula is C15H23N3O2. The van der Waals surface area contributed by atoms with Crippen LogP contribution < -0.4 is 16.0 Å². The lowest BCUT2D eigenvalue weighted by atomic mass is 9.89. The zero-order chi connectivity index (χ0) is 14.5. The van der Waals surface area contributed by atoms with Gasteiger partial charge in [0.15, 0.2) is 0 Å². The zero-order valence-corrected chi connectivity index (χ0v) is 11.9. The molecule has 1 aliphatic rings. The van der Waals surface area contributed by atoms with Gasteiger partial charge in [0, 0.05) is 19.3 Å². The van der Waals surface area contributed by atoms with Gasteiger partial charge >= 0.3 is 6.09 Å². The molecule has 5 nitrogen and oxygen atoms in total. The van der Waals surface area contributed by atoms with Crippen LogP contribution in [0.15, 0.2) is 18.2 Å². The third kappa shape index (κ3) is 3.56.